The Morgan fingerprint density at radius 1 is 1.75 bits per heavy atom. The monoisotopic (exact) mass is 251 g/mol. The van der Waals surface area contributed by atoms with Crippen LogP contribution in [0.2, 0.25) is 0 Å². The molecule has 0 aromatic carbocycles. The van der Waals surface area contributed by atoms with Crippen molar-refractivity contribution in [2.45, 2.75) is 0 Å². The van der Waals surface area contributed by atoms with Gasteiger partial charge in [0.05, 0.1) is 9.98 Å². The molecule has 0 aliphatic carbocycles. The molecule has 0 aliphatic heterocycles. The van der Waals surface area contributed by atoms with Crippen molar-refractivity contribution in [3.05, 3.63) is 22.0 Å². The summed E-state index contributed by atoms with van der Waals surface area (Å²) in [6.07, 6.45) is 2.75. The number of aliphatic hydroxyl groups is 2. The minimum absolute atomic E-state index is 0.0995. The van der Waals surface area contributed by atoms with Crippen molar-refractivity contribution in [1.29, 1.82) is 0 Å². The van der Waals surface area contributed by atoms with Gasteiger partial charge >= 0.3 is 0 Å². The van der Waals surface area contributed by atoms with Crippen LogP contribution in [0.4, 0.5) is 0 Å². The molecule has 0 radical (unpaired) electrons. The maximum Gasteiger partial charge on any atom is 0.274 e. The smallest absolute Gasteiger partial charge is 0.274 e. The third-order valence-corrected chi connectivity index (χ3v) is 2.32. The van der Waals surface area contributed by atoms with Gasteiger partial charge in [0.25, 0.3) is 11.1 Å². The van der Waals surface area contributed by atoms with E-state index in [0.717, 1.165) is 9.86 Å². The number of thiazole rings is 1. The van der Waals surface area contributed by atoms with Crippen LogP contribution in [-0.2, 0) is 0 Å². The van der Waals surface area contributed by atoms with Gasteiger partial charge in [0.1, 0.15) is 6.61 Å². The Balaban J connectivity index is 2.38. The van der Waals surface area contributed by atoms with Crippen molar-refractivity contribution in [2.24, 2.45) is 0 Å². The van der Waals surface area contributed by atoms with Gasteiger partial charge in [-0.25, -0.2) is 4.98 Å². The molecule has 0 unspecified atom stereocenters. The molecule has 0 fully saturated rings. The molecular formula is C6H6BrNO3S. The summed E-state index contributed by atoms with van der Waals surface area (Å²) < 4.78 is 5.89. The third-order valence-electron chi connectivity index (χ3n) is 0.929. The van der Waals surface area contributed by atoms with Crippen molar-refractivity contribution < 1.29 is 14.9 Å². The lowest BCUT2D eigenvalue weighted by Crippen LogP contribution is -1.94. The number of nitrogens with zero attached hydrogens (tertiary/aromatic N) is 1. The molecule has 12 heavy (non-hydrogen) atoms. The van der Waals surface area contributed by atoms with Crippen LogP contribution in [0.1, 0.15) is 0 Å². The molecule has 1 aromatic heterocycles. The van der Waals surface area contributed by atoms with Crippen molar-refractivity contribution in [2.75, 3.05) is 6.61 Å². The molecule has 0 amide bonds. The van der Waals surface area contributed by atoms with E-state index < -0.39 is 5.95 Å². The molecule has 1 heterocycles. The maximum absolute atomic E-state index is 8.35. The highest BCUT2D eigenvalue weighted by atomic mass is 79.9. The van der Waals surface area contributed by atoms with Crippen LogP contribution in [0.25, 0.3) is 0 Å². The predicted octanol–water partition coefficient (Wildman–Crippen LogP) is 2.24. The van der Waals surface area contributed by atoms with E-state index in [1.165, 1.54) is 11.3 Å². The zero-order valence-electron chi connectivity index (χ0n) is 5.90. The fraction of sp³-hybridized carbons (Fsp3) is 0.167. The molecule has 4 nitrogen and oxygen atoms in total. The number of hydrogen-bond acceptors (Lipinski definition) is 5. The first-order valence-corrected chi connectivity index (χ1v) is 4.61. The Kier molecular flexibility index (Phi) is 3.36. The second kappa shape index (κ2) is 4.32. The molecule has 0 saturated heterocycles. The number of aromatic nitrogens is 1. The Morgan fingerprint density at radius 3 is 3.00 bits per heavy atom. The fourth-order valence-electron chi connectivity index (χ4n) is 0.494. The van der Waals surface area contributed by atoms with Crippen LogP contribution in [-0.4, -0.2) is 21.8 Å². The second-order valence-electron chi connectivity index (χ2n) is 1.80. The first-order chi connectivity index (χ1) is 5.68. The van der Waals surface area contributed by atoms with Crippen molar-refractivity contribution in [3.8, 4) is 5.19 Å². The zero-order valence-corrected chi connectivity index (χ0v) is 8.30. The molecular weight excluding hydrogens is 246 g/mol. The van der Waals surface area contributed by atoms with E-state index in [1.54, 1.807) is 6.20 Å². The number of ether oxygens (including phenoxy) is 1. The van der Waals surface area contributed by atoms with Crippen molar-refractivity contribution >= 4 is 27.3 Å². The van der Waals surface area contributed by atoms with E-state index in [2.05, 4.69) is 20.9 Å². The lowest BCUT2D eigenvalue weighted by molar-refractivity contribution is 0.185. The number of aliphatic hydroxyl groups excluding tert-OH is 1. The van der Waals surface area contributed by atoms with Gasteiger partial charge in [0.2, 0.25) is 0 Å². The van der Waals surface area contributed by atoms with Gasteiger partial charge in [-0.15, -0.1) is 0 Å². The Labute approximate surface area is 81.3 Å². The van der Waals surface area contributed by atoms with E-state index in [4.69, 9.17) is 14.9 Å². The normalized spacial score (nSPS) is 9.42. The van der Waals surface area contributed by atoms with Crippen LogP contribution in [0.3, 0.4) is 0 Å². The summed E-state index contributed by atoms with van der Waals surface area (Å²) in [5.74, 6) is -0.745. The molecule has 0 spiro atoms. The van der Waals surface area contributed by atoms with Gasteiger partial charge in [0.15, 0.2) is 0 Å². The molecule has 0 bridgehead atoms. The number of rotatable bonds is 3. The average molecular weight is 252 g/mol. The highest BCUT2D eigenvalue weighted by Gasteiger charge is 1.98. The largest absolute Gasteiger partial charge is 0.481 e. The standard InChI is InChI=1S/C6H6BrNO3S/c7-4-3-8-6(12-4)11-2-1-5(9)10/h1,3,9-10H,2H2. The van der Waals surface area contributed by atoms with Gasteiger partial charge in [-0.2, -0.15) is 0 Å². The number of hydrogen-bond donors (Lipinski definition) is 2. The lowest BCUT2D eigenvalue weighted by Gasteiger charge is -1.95. The summed E-state index contributed by atoms with van der Waals surface area (Å²) in [7, 11) is 0. The summed E-state index contributed by atoms with van der Waals surface area (Å²) >= 11 is 4.55. The summed E-state index contributed by atoms with van der Waals surface area (Å²) in [6.45, 7) is 0.0995. The number of halogens is 1. The molecule has 1 rings (SSSR count). The highest BCUT2D eigenvalue weighted by Crippen LogP contribution is 2.24. The predicted molar refractivity (Wildman–Crippen MR) is 48.6 cm³/mol. The van der Waals surface area contributed by atoms with Gasteiger partial charge in [-0.05, 0) is 15.9 Å². The van der Waals surface area contributed by atoms with E-state index in [1.807, 2.05) is 0 Å². The van der Waals surface area contributed by atoms with Gasteiger partial charge in [0, 0.05) is 6.08 Å². The summed E-state index contributed by atoms with van der Waals surface area (Å²) in [5.41, 5.74) is 0. The average Bonchev–Trinajstić information content (AvgIpc) is 2.35. The lowest BCUT2D eigenvalue weighted by atomic mass is 10.6. The van der Waals surface area contributed by atoms with E-state index in [-0.39, 0.29) is 6.61 Å². The summed E-state index contributed by atoms with van der Waals surface area (Å²) in [6, 6.07) is 0. The molecule has 0 aliphatic rings. The maximum atomic E-state index is 8.35. The van der Waals surface area contributed by atoms with Crippen LogP contribution < -0.4 is 4.74 Å². The quantitative estimate of drug-likeness (QED) is 0.810. The van der Waals surface area contributed by atoms with Crippen LogP contribution in [0.5, 0.6) is 5.19 Å². The molecule has 0 atom stereocenters. The zero-order chi connectivity index (χ0) is 8.97. The topological polar surface area (TPSA) is 62.6 Å². The van der Waals surface area contributed by atoms with Gasteiger partial charge < -0.3 is 14.9 Å². The molecule has 6 heteroatoms. The van der Waals surface area contributed by atoms with Crippen molar-refractivity contribution in [3.63, 3.8) is 0 Å². The molecule has 2 N–H and O–H groups in total. The van der Waals surface area contributed by atoms with Crippen molar-refractivity contribution in [1.82, 2.24) is 4.98 Å². The van der Waals surface area contributed by atoms with Gasteiger partial charge in [-0.3, -0.25) is 0 Å². The van der Waals surface area contributed by atoms with E-state index in [0.29, 0.717) is 5.19 Å². The first kappa shape index (κ1) is 9.34. The molecule has 1 aromatic rings. The highest BCUT2D eigenvalue weighted by molar-refractivity contribution is 9.11. The second-order valence-corrected chi connectivity index (χ2v) is 4.18. The summed E-state index contributed by atoms with van der Waals surface area (Å²) in [4.78, 5) is 3.87. The van der Waals surface area contributed by atoms with Gasteiger partial charge in [-0.1, -0.05) is 11.3 Å². The third kappa shape index (κ3) is 3.10. The fourth-order valence-corrected chi connectivity index (χ4v) is 1.52. The summed E-state index contributed by atoms with van der Waals surface area (Å²) in [5, 5.41) is 17.2. The molecule has 66 valence electrons. The Morgan fingerprint density at radius 2 is 2.50 bits per heavy atom. The SMILES string of the molecule is OC(O)=CCOc1ncc(Br)s1. The molecule has 0 saturated carbocycles. The Hall–Kier alpha value is -0.750. The van der Waals surface area contributed by atoms with E-state index >= 15 is 0 Å². The van der Waals surface area contributed by atoms with Crippen LogP contribution in [0.15, 0.2) is 22.0 Å². The van der Waals surface area contributed by atoms with Crippen LogP contribution >= 0.6 is 27.3 Å². The minimum atomic E-state index is -0.745. The van der Waals surface area contributed by atoms with Crippen LogP contribution in [0, 0.1) is 0 Å². The Bertz CT molecular complexity index is 282. The minimum Gasteiger partial charge on any atom is -0.481 e. The first-order valence-electron chi connectivity index (χ1n) is 3.00. The van der Waals surface area contributed by atoms with E-state index in [9.17, 15) is 0 Å².